The van der Waals surface area contributed by atoms with Crippen molar-refractivity contribution in [2.45, 2.75) is 45.0 Å². The zero-order valence-electron chi connectivity index (χ0n) is 11.2. The molecule has 0 radical (unpaired) electrons. The third kappa shape index (κ3) is 5.20. The Bertz CT molecular complexity index is 375. The van der Waals surface area contributed by atoms with Crippen LogP contribution in [0, 0.1) is 0 Å². The fraction of sp³-hybridized carbons (Fsp3) is 0.571. The van der Waals surface area contributed by atoms with Crippen molar-refractivity contribution in [1.29, 1.82) is 0 Å². The summed E-state index contributed by atoms with van der Waals surface area (Å²) in [6.07, 6.45) is -2.23. The van der Waals surface area contributed by atoms with Crippen LogP contribution in [0.1, 0.15) is 43.9 Å². The van der Waals surface area contributed by atoms with Crippen molar-refractivity contribution in [2.75, 3.05) is 6.61 Å². The molecule has 19 heavy (non-hydrogen) atoms. The third-order valence-electron chi connectivity index (χ3n) is 2.92. The fourth-order valence-electron chi connectivity index (χ4n) is 1.77. The molecule has 0 aromatic heterocycles. The van der Waals surface area contributed by atoms with Gasteiger partial charge in [-0.3, -0.25) is 0 Å². The van der Waals surface area contributed by atoms with Crippen LogP contribution in [0.25, 0.3) is 0 Å². The van der Waals surface area contributed by atoms with E-state index in [1.54, 1.807) is 0 Å². The van der Waals surface area contributed by atoms with Gasteiger partial charge >= 0.3 is 6.18 Å². The summed E-state index contributed by atoms with van der Waals surface area (Å²) in [6.45, 7) is 4.34. The van der Waals surface area contributed by atoms with E-state index in [1.165, 1.54) is 12.1 Å². The standard InChI is InChI=1S/C14H20F3NO/c1-3-4-10(2)19-9-13(18)11-5-7-12(8-6-11)14(15,16)17/h5-8,10,13H,3-4,9,18H2,1-2H3. The van der Waals surface area contributed by atoms with Crippen LogP contribution in [0.15, 0.2) is 24.3 Å². The summed E-state index contributed by atoms with van der Waals surface area (Å²) in [6, 6.07) is 4.50. The van der Waals surface area contributed by atoms with E-state index in [0.717, 1.165) is 25.0 Å². The molecule has 108 valence electrons. The van der Waals surface area contributed by atoms with Crippen molar-refractivity contribution in [2.24, 2.45) is 5.73 Å². The van der Waals surface area contributed by atoms with Gasteiger partial charge in [0.05, 0.1) is 24.3 Å². The number of alkyl halides is 3. The molecule has 2 N–H and O–H groups in total. The molecular weight excluding hydrogens is 255 g/mol. The highest BCUT2D eigenvalue weighted by Gasteiger charge is 2.30. The van der Waals surface area contributed by atoms with Crippen molar-refractivity contribution < 1.29 is 17.9 Å². The fourth-order valence-corrected chi connectivity index (χ4v) is 1.77. The van der Waals surface area contributed by atoms with E-state index in [4.69, 9.17) is 10.5 Å². The van der Waals surface area contributed by atoms with Gasteiger partial charge in [-0.05, 0) is 31.0 Å². The Hall–Kier alpha value is -1.07. The number of halogens is 3. The Balaban J connectivity index is 2.56. The number of hydrogen-bond acceptors (Lipinski definition) is 2. The van der Waals surface area contributed by atoms with Crippen LogP contribution in [0.3, 0.4) is 0 Å². The van der Waals surface area contributed by atoms with Gasteiger partial charge in [-0.2, -0.15) is 13.2 Å². The number of nitrogens with two attached hydrogens (primary N) is 1. The van der Waals surface area contributed by atoms with Gasteiger partial charge in [0.1, 0.15) is 0 Å². The third-order valence-corrected chi connectivity index (χ3v) is 2.92. The first-order valence-corrected chi connectivity index (χ1v) is 6.39. The van der Waals surface area contributed by atoms with Crippen LogP contribution in [-0.4, -0.2) is 12.7 Å². The van der Waals surface area contributed by atoms with Crippen LogP contribution in [0.4, 0.5) is 13.2 Å². The molecular formula is C14H20F3NO. The van der Waals surface area contributed by atoms with E-state index in [2.05, 4.69) is 6.92 Å². The van der Waals surface area contributed by atoms with Gasteiger partial charge in [-0.15, -0.1) is 0 Å². The Morgan fingerprint density at radius 1 is 1.21 bits per heavy atom. The Labute approximate surface area is 111 Å². The quantitative estimate of drug-likeness (QED) is 0.854. The Morgan fingerprint density at radius 2 is 1.79 bits per heavy atom. The van der Waals surface area contributed by atoms with Crippen molar-refractivity contribution in [3.63, 3.8) is 0 Å². The van der Waals surface area contributed by atoms with Gasteiger partial charge in [0.2, 0.25) is 0 Å². The minimum Gasteiger partial charge on any atom is -0.377 e. The van der Waals surface area contributed by atoms with Crippen molar-refractivity contribution in [3.8, 4) is 0 Å². The maximum atomic E-state index is 12.4. The first kappa shape index (κ1) is 16.0. The number of rotatable bonds is 6. The molecule has 1 rings (SSSR count). The van der Waals surface area contributed by atoms with Crippen LogP contribution < -0.4 is 5.73 Å². The Kier molecular flexibility index (Phi) is 5.82. The molecule has 0 fully saturated rings. The highest BCUT2D eigenvalue weighted by molar-refractivity contribution is 5.26. The van der Waals surface area contributed by atoms with Gasteiger partial charge < -0.3 is 10.5 Å². The van der Waals surface area contributed by atoms with Gasteiger partial charge in [-0.1, -0.05) is 25.5 Å². The summed E-state index contributed by atoms with van der Waals surface area (Å²) in [5.41, 5.74) is 5.88. The molecule has 0 bridgehead atoms. The van der Waals surface area contributed by atoms with Crippen molar-refractivity contribution >= 4 is 0 Å². The first-order chi connectivity index (χ1) is 8.84. The van der Waals surface area contributed by atoms with Gasteiger partial charge in [0.15, 0.2) is 0 Å². The predicted molar refractivity (Wildman–Crippen MR) is 68.7 cm³/mol. The molecule has 0 aliphatic carbocycles. The number of benzene rings is 1. The molecule has 2 unspecified atom stereocenters. The molecule has 0 aliphatic rings. The normalized spacial score (nSPS) is 15.3. The van der Waals surface area contributed by atoms with Crippen LogP contribution in [-0.2, 0) is 10.9 Å². The van der Waals surface area contributed by atoms with E-state index in [0.29, 0.717) is 12.2 Å². The van der Waals surface area contributed by atoms with E-state index in [9.17, 15) is 13.2 Å². The highest BCUT2D eigenvalue weighted by Crippen LogP contribution is 2.29. The molecule has 0 saturated carbocycles. The maximum Gasteiger partial charge on any atom is 0.416 e. The van der Waals surface area contributed by atoms with Gasteiger partial charge in [0.25, 0.3) is 0 Å². The van der Waals surface area contributed by atoms with Crippen molar-refractivity contribution in [1.82, 2.24) is 0 Å². The molecule has 2 atom stereocenters. The second kappa shape index (κ2) is 6.91. The lowest BCUT2D eigenvalue weighted by Crippen LogP contribution is -2.21. The van der Waals surface area contributed by atoms with E-state index < -0.39 is 17.8 Å². The predicted octanol–water partition coefficient (Wildman–Crippen LogP) is 3.91. The summed E-state index contributed by atoms with van der Waals surface area (Å²) >= 11 is 0. The first-order valence-electron chi connectivity index (χ1n) is 6.39. The molecule has 0 spiro atoms. The summed E-state index contributed by atoms with van der Waals surface area (Å²) < 4.78 is 42.8. The lowest BCUT2D eigenvalue weighted by molar-refractivity contribution is -0.137. The van der Waals surface area contributed by atoms with E-state index in [-0.39, 0.29) is 6.10 Å². The molecule has 0 saturated heterocycles. The second-order valence-corrected chi connectivity index (χ2v) is 4.66. The summed E-state index contributed by atoms with van der Waals surface area (Å²) in [7, 11) is 0. The molecule has 1 aromatic rings. The average molecular weight is 275 g/mol. The minimum absolute atomic E-state index is 0.116. The lowest BCUT2D eigenvalue weighted by Gasteiger charge is -2.17. The smallest absolute Gasteiger partial charge is 0.377 e. The molecule has 5 heteroatoms. The van der Waals surface area contributed by atoms with Gasteiger partial charge in [-0.25, -0.2) is 0 Å². The van der Waals surface area contributed by atoms with E-state index in [1.807, 2.05) is 6.92 Å². The lowest BCUT2D eigenvalue weighted by atomic mass is 10.1. The van der Waals surface area contributed by atoms with Crippen molar-refractivity contribution in [3.05, 3.63) is 35.4 Å². The van der Waals surface area contributed by atoms with Crippen LogP contribution in [0.2, 0.25) is 0 Å². The topological polar surface area (TPSA) is 35.2 Å². The number of ether oxygens (including phenoxy) is 1. The summed E-state index contributed by atoms with van der Waals surface area (Å²) in [5, 5.41) is 0. The van der Waals surface area contributed by atoms with E-state index >= 15 is 0 Å². The SMILES string of the molecule is CCCC(C)OCC(N)c1ccc(C(F)(F)F)cc1. The largest absolute Gasteiger partial charge is 0.416 e. The molecule has 2 nitrogen and oxygen atoms in total. The molecule has 1 aromatic carbocycles. The monoisotopic (exact) mass is 275 g/mol. The average Bonchev–Trinajstić information content (AvgIpc) is 2.35. The number of hydrogen-bond donors (Lipinski definition) is 1. The summed E-state index contributed by atoms with van der Waals surface area (Å²) in [4.78, 5) is 0. The van der Waals surface area contributed by atoms with Crippen LogP contribution in [0.5, 0.6) is 0 Å². The molecule has 0 amide bonds. The zero-order valence-corrected chi connectivity index (χ0v) is 11.2. The highest BCUT2D eigenvalue weighted by atomic mass is 19.4. The van der Waals surface area contributed by atoms with Crippen LogP contribution >= 0.6 is 0 Å². The maximum absolute atomic E-state index is 12.4. The second-order valence-electron chi connectivity index (χ2n) is 4.66. The zero-order chi connectivity index (χ0) is 14.5. The summed E-state index contributed by atoms with van der Waals surface area (Å²) in [5.74, 6) is 0. The molecule has 0 heterocycles. The molecule has 0 aliphatic heterocycles. The Morgan fingerprint density at radius 3 is 2.26 bits per heavy atom. The minimum atomic E-state index is -4.31. The van der Waals surface area contributed by atoms with Gasteiger partial charge in [0, 0.05) is 0 Å².